The number of nitrogens with one attached hydrogen (secondary N) is 1. The van der Waals surface area contributed by atoms with Crippen molar-refractivity contribution in [2.45, 2.75) is 36.6 Å². The molecule has 2 unspecified atom stereocenters. The summed E-state index contributed by atoms with van der Waals surface area (Å²) < 4.78 is 0. The van der Waals surface area contributed by atoms with Crippen LogP contribution in [0.4, 0.5) is 0 Å². The summed E-state index contributed by atoms with van der Waals surface area (Å²) in [6.07, 6.45) is 2.42. The summed E-state index contributed by atoms with van der Waals surface area (Å²) in [6.45, 7) is 3.27. The largest absolute Gasteiger partial charge is 0.314 e. The minimum atomic E-state index is 0.596. The molecule has 1 nitrogen and oxygen atoms in total. The molecule has 0 fully saturated rings. The van der Waals surface area contributed by atoms with E-state index in [9.17, 15) is 0 Å². The van der Waals surface area contributed by atoms with E-state index < -0.39 is 0 Å². The fourth-order valence-corrected chi connectivity index (χ4v) is 5.04. The lowest BCUT2D eigenvalue weighted by atomic mass is 9.90. The third-order valence-electron chi connectivity index (χ3n) is 3.97. The van der Waals surface area contributed by atoms with E-state index in [-0.39, 0.29) is 0 Å². The molecule has 1 aromatic carbocycles. The molecule has 1 aromatic heterocycles. The van der Waals surface area contributed by atoms with Crippen molar-refractivity contribution in [3.05, 3.63) is 52.2 Å². The lowest BCUT2D eigenvalue weighted by molar-refractivity contribution is 0.439. The maximum Gasteiger partial charge on any atom is 0.0148 e. The molecular weight excluding hydrogens is 282 g/mol. The lowest BCUT2D eigenvalue weighted by Crippen LogP contribution is -2.35. The van der Waals surface area contributed by atoms with Crippen LogP contribution in [0.25, 0.3) is 0 Å². The van der Waals surface area contributed by atoms with Gasteiger partial charge in [-0.25, -0.2) is 0 Å². The number of thiophene rings is 1. The normalized spacial score (nSPS) is 18.9. The molecule has 20 heavy (non-hydrogen) atoms. The number of fused-ring (bicyclic) bond motifs is 1. The van der Waals surface area contributed by atoms with Crippen molar-refractivity contribution in [2.75, 3.05) is 12.3 Å². The van der Waals surface area contributed by atoms with Crippen molar-refractivity contribution >= 4 is 23.1 Å². The summed E-state index contributed by atoms with van der Waals surface area (Å²) in [4.78, 5) is 2.99. The van der Waals surface area contributed by atoms with Gasteiger partial charge >= 0.3 is 0 Å². The van der Waals surface area contributed by atoms with Crippen LogP contribution >= 0.6 is 23.1 Å². The maximum atomic E-state index is 3.72. The highest BCUT2D eigenvalue weighted by molar-refractivity contribution is 7.99. The van der Waals surface area contributed by atoms with Gasteiger partial charge in [-0.15, -0.1) is 23.1 Å². The van der Waals surface area contributed by atoms with E-state index in [2.05, 4.69) is 54.0 Å². The number of rotatable bonds is 6. The van der Waals surface area contributed by atoms with Gasteiger partial charge in [-0.05, 0) is 42.5 Å². The number of hydrogen-bond donors (Lipinski definition) is 1. The number of aryl methyl sites for hydroxylation is 1. The lowest BCUT2D eigenvalue weighted by Gasteiger charge is -2.24. The average molecular weight is 303 g/mol. The fraction of sp³-hybridized carbons (Fsp3) is 0.412. The number of hydrogen-bond acceptors (Lipinski definition) is 3. The first-order valence-electron chi connectivity index (χ1n) is 7.36. The van der Waals surface area contributed by atoms with E-state index in [0.29, 0.717) is 12.0 Å². The van der Waals surface area contributed by atoms with E-state index in [1.54, 1.807) is 5.56 Å². The zero-order chi connectivity index (χ0) is 13.8. The van der Waals surface area contributed by atoms with Crippen molar-refractivity contribution in [3.63, 3.8) is 0 Å². The Bertz CT molecular complexity index is 536. The molecule has 0 saturated heterocycles. The van der Waals surface area contributed by atoms with Crippen molar-refractivity contribution in [1.82, 2.24) is 5.32 Å². The van der Waals surface area contributed by atoms with Crippen LogP contribution in [0.5, 0.6) is 0 Å². The van der Waals surface area contributed by atoms with Gasteiger partial charge in [0.15, 0.2) is 0 Å². The Hall–Kier alpha value is -0.770. The van der Waals surface area contributed by atoms with Crippen LogP contribution in [0.2, 0.25) is 0 Å². The van der Waals surface area contributed by atoms with Crippen LogP contribution in [0.15, 0.2) is 46.7 Å². The third kappa shape index (κ3) is 3.11. The Morgan fingerprint density at radius 2 is 2.15 bits per heavy atom. The predicted molar refractivity (Wildman–Crippen MR) is 90.0 cm³/mol. The van der Waals surface area contributed by atoms with Gasteiger partial charge in [-0.2, -0.15) is 0 Å². The smallest absolute Gasteiger partial charge is 0.0148 e. The van der Waals surface area contributed by atoms with Gasteiger partial charge < -0.3 is 5.32 Å². The van der Waals surface area contributed by atoms with Gasteiger partial charge in [0.1, 0.15) is 0 Å². The molecule has 2 heterocycles. The first kappa shape index (κ1) is 14.2. The molecular formula is C17H21NS2. The van der Waals surface area contributed by atoms with Gasteiger partial charge in [0, 0.05) is 27.5 Å². The zero-order valence-electron chi connectivity index (χ0n) is 11.8. The van der Waals surface area contributed by atoms with Gasteiger partial charge in [-0.3, -0.25) is 0 Å². The number of thioether (sulfide) groups is 1. The standard InChI is InChI=1S/C17H21NS2/c1-2-18-16(10-9-13-6-5-11-19-13)15-12-20-17-8-4-3-7-14(15)17/h3-8,11,15-16,18H,2,9-10,12H2,1H3. The van der Waals surface area contributed by atoms with Crippen LogP contribution in [0, 0.1) is 0 Å². The molecule has 1 N–H and O–H groups in total. The summed E-state index contributed by atoms with van der Waals surface area (Å²) in [5, 5.41) is 5.90. The molecule has 106 valence electrons. The van der Waals surface area contributed by atoms with Crippen LogP contribution < -0.4 is 5.32 Å². The molecule has 0 radical (unpaired) electrons. The Labute approximate surface area is 129 Å². The molecule has 0 spiro atoms. The molecule has 0 aliphatic carbocycles. The number of benzene rings is 1. The quantitative estimate of drug-likeness (QED) is 0.840. The highest BCUT2D eigenvalue weighted by Gasteiger charge is 2.29. The Balaban J connectivity index is 1.71. The highest BCUT2D eigenvalue weighted by atomic mass is 32.2. The Kier molecular flexibility index (Phi) is 4.81. The Morgan fingerprint density at radius 3 is 2.95 bits per heavy atom. The highest BCUT2D eigenvalue weighted by Crippen LogP contribution is 2.41. The van der Waals surface area contributed by atoms with Crippen LogP contribution in [0.1, 0.15) is 29.7 Å². The molecule has 3 heteroatoms. The van der Waals surface area contributed by atoms with Crippen molar-refractivity contribution in [3.8, 4) is 0 Å². The molecule has 0 saturated carbocycles. The third-order valence-corrected chi connectivity index (χ3v) is 6.12. The topological polar surface area (TPSA) is 12.0 Å². The minimum absolute atomic E-state index is 0.596. The predicted octanol–water partition coefficient (Wildman–Crippen LogP) is 4.55. The molecule has 2 aromatic rings. The fourth-order valence-electron chi connectivity index (χ4n) is 2.98. The van der Waals surface area contributed by atoms with Gasteiger partial charge in [0.2, 0.25) is 0 Å². The van der Waals surface area contributed by atoms with E-state index in [1.807, 2.05) is 23.1 Å². The SMILES string of the molecule is CCNC(CCc1cccs1)C1CSc2ccccc21. The van der Waals surface area contributed by atoms with Gasteiger partial charge in [0.25, 0.3) is 0 Å². The van der Waals surface area contributed by atoms with Crippen LogP contribution in [0.3, 0.4) is 0 Å². The van der Waals surface area contributed by atoms with Crippen molar-refractivity contribution in [1.29, 1.82) is 0 Å². The van der Waals surface area contributed by atoms with E-state index >= 15 is 0 Å². The minimum Gasteiger partial charge on any atom is -0.314 e. The second-order valence-electron chi connectivity index (χ2n) is 5.24. The summed E-state index contributed by atoms with van der Waals surface area (Å²) in [7, 11) is 0. The summed E-state index contributed by atoms with van der Waals surface area (Å²) in [5.41, 5.74) is 1.55. The Morgan fingerprint density at radius 1 is 1.25 bits per heavy atom. The first-order valence-corrected chi connectivity index (χ1v) is 9.22. The molecule has 0 amide bonds. The molecule has 1 aliphatic rings. The monoisotopic (exact) mass is 303 g/mol. The second-order valence-corrected chi connectivity index (χ2v) is 7.33. The molecule has 3 rings (SSSR count). The maximum absolute atomic E-state index is 3.72. The van der Waals surface area contributed by atoms with Crippen molar-refractivity contribution < 1.29 is 0 Å². The molecule has 0 bridgehead atoms. The zero-order valence-corrected chi connectivity index (χ0v) is 13.5. The van der Waals surface area contributed by atoms with E-state index in [0.717, 1.165) is 6.54 Å². The molecule has 2 atom stereocenters. The molecule has 1 aliphatic heterocycles. The first-order chi connectivity index (χ1) is 9.88. The summed E-state index contributed by atoms with van der Waals surface area (Å²) >= 11 is 3.89. The van der Waals surface area contributed by atoms with Crippen LogP contribution in [-0.4, -0.2) is 18.3 Å². The van der Waals surface area contributed by atoms with Crippen molar-refractivity contribution in [2.24, 2.45) is 0 Å². The average Bonchev–Trinajstić information content (AvgIpc) is 3.13. The van der Waals surface area contributed by atoms with E-state index in [1.165, 1.54) is 28.4 Å². The number of likely N-dealkylation sites (N-methyl/N-ethyl adjacent to an activating group) is 1. The summed E-state index contributed by atoms with van der Waals surface area (Å²) in [5.74, 6) is 1.89. The van der Waals surface area contributed by atoms with Gasteiger partial charge in [0.05, 0.1) is 0 Å². The second kappa shape index (κ2) is 6.79. The summed E-state index contributed by atoms with van der Waals surface area (Å²) in [6, 6.07) is 13.9. The van der Waals surface area contributed by atoms with Crippen LogP contribution in [-0.2, 0) is 6.42 Å². The van der Waals surface area contributed by atoms with E-state index in [4.69, 9.17) is 0 Å². The van der Waals surface area contributed by atoms with Gasteiger partial charge in [-0.1, -0.05) is 31.2 Å².